The van der Waals surface area contributed by atoms with Crippen molar-refractivity contribution in [2.75, 3.05) is 6.54 Å². The van der Waals surface area contributed by atoms with E-state index in [1.807, 2.05) is 0 Å². The molecule has 1 N–H and O–H groups in total. The van der Waals surface area contributed by atoms with E-state index in [4.69, 9.17) is 0 Å². The summed E-state index contributed by atoms with van der Waals surface area (Å²) in [6.07, 6.45) is 1.72. The van der Waals surface area contributed by atoms with Crippen LogP contribution in [0.2, 0.25) is 0 Å². The first-order chi connectivity index (χ1) is 9.68. The number of nitrogens with zero attached hydrogens (tertiary/aromatic N) is 2. The normalized spacial score (nSPS) is 10.4. The van der Waals surface area contributed by atoms with Crippen molar-refractivity contribution in [3.63, 3.8) is 0 Å². The first-order valence-corrected chi connectivity index (χ1v) is 6.27. The Morgan fingerprint density at radius 3 is 2.65 bits per heavy atom. The Balaban J connectivity index is 1.90. The van der Waals surface area contributed by atoms with Crippen LogP contribution in [-0.4, -0.2) is 16.0 Å². The summed E-state index contributed by atoms with van der Waals surface area (Å²) in [6, 6.07) is 11.6. The third-order valence-electron chi connectivity index (χ3n) is 2.93. The standard InChI is InChI=1S/C14H15N3O3/c18-14-7-3-4-9-16(14)10-8-15-11-12-5-1-2-6-13(12)17(19)20/h1-7,9,15H,8,10-11H2. The van der Waals surface area contributed by atoms with Crippen LogP contribution < -0.4 is 10.9 Å². The summed E-state index contributed by atoms with van der Waals surface area (Å²) in [5.41, 5.74) is 0.690. The first-order valence-electron chi connectivity index (χ1n) is 6.27. The third-order valence-corrected chi connectivity index (χ3v) is 2.93. The molecule has 0 radical (unpaired) electrons. The molecule has 6 nitrogen and oxygen atoms in total. The van der Waals surface area contributed by atoms with Crippen molar-refractivity contribution in [3.8, 4) is 0 Å². The Hall–Kier alpha value is -2.47. The van der Waals surface area contributed by atoms with Gasteiger partial charge in [0.05, 0.1) is 4.92 Å². The molecule has 0 spiro atoms. The number of nitro groups is 1. The van der Waals surface area contributed by atoms with E-state index in [2.05, 4.69) is 5.32 Å². The van der Waals surface area contributed by atoms with E-state index in [1.54, 1.807) is 41.1 Å². The second kappa shape index (κ2) is 6.63. The van der Waals surface area contributed by atoms with Gasteiger partial charge in [-0.05, 0) is 6.07 Å². The highest BCUT2D eigenvalue weighted by Gasteiger charge is 2.11. The van der Waals surface area contributed by atoms with E-state index in [-0.39, 0.29) is 11.2 Å². The fourth-order valence-electron chi connectivity index (χ4n) is 1.91. The summed E-state index contributed by atoms with van der Waals surface area (Å²) in [7, 11) is 0. The molecule has 1 aromatic carbocycles. The summed E-state index contributed by atoms with van der Waals surface area (Å²) in [4.78, 5) is 21.9. The second-order valence-electron chi connectivity index (χ2n) is 4.29. The highest BCUT2D eigenvalue weighted by molar-refractivity contribution is 5.39. The number of pyridine rings is 1. The largest absolute Gasteiger partial charge is 0.314 e. The molecule has 0 atom stereocenters. The minimum absolute atomic E-state index is 0.0556. The molecular weight excluding hydrogens is 258 g/mol. The van der Waals surface area contributed by atoms with Gasteiger partial charge in [0.2, 0.25) is 0 Å². The van der Waals surface area contributed by atoms with Crippen molar-refractivity contribution in [2.24, 2.45) is 0 Å². The summed E-state index contributed by atoms with van der Waals surface area (Å²) in [5, 5.41) is 14.0. The van der Waals surface area contributed by atoms with Crippen LogP contribution in [0, 0.1) is 10.1 Å². The molecule has 104 valence electrons. The molecule has 0 aliphatic rings. The highest BCUT2D eigenvalue weighted by Crippen LogP contribution is 2.16. The molecular formula is C14H15N3O3. The molecule has 6 heteroatoms. The topological polar surface area (TPSA) is 77.2 Å². The van der Waals surface area contributed by atoms with Gasteiger partial charge in [-0.15, -0.1) is 0 Å². The minimum Gasteiger partial charge on any atom is -0.314 e. The maximum absolute atomic E-state index is 11.5. The number of para-hydroxylation sites is 1. The molecule has 0 fully saturated rings. The van der Waals surface area contributed by atoms with Crippen molar-refractivity contribution in [2.45, 2.75) is 13.1 Å². The monoisotopic (exact) mass is 273 g/mol. The van der Waals surface area contributed by atoms with Crippen LogP contribution in [0.25, 0.3) is 0 Å². The van der Waals surface area contributed by atoms with E-state index in [0.29, 0.717) is 25.2 Å². The van der Waals surface area contributed by atoms with Crippen molar-refractivity contribution >= 4 is 5.69 Å². The molecule has 0 saturated carbocycles. The van der Waals surface area contributed by atoms with Crippen molar-refractivity contribution in [3.05, 3.63) is 74.7 Å². The minimum atomic E-state index is -0.390. The number of hydrogen-bond donors (Lipinski definition) is 1. The zero-order chi connectivity index (χ0) is 14.4. The van der Waals surface area contributed by atoms with Gasteiger partial charge in [-0.1, -0.05) is 24.3 Å². The lowest BCUT2D eigenvalue weighted by Crippen LogP contribution is -2.25. The van der Waals surface area contributed by atoms with Crippen molar-refractivity contribution in [1.82, 2.24) is 9.88 Å². The van der Waals surface area contributed by atoms with Gasteiger partial charge in [-0.25, -0.2) is 0 Å². The summed E-state index contributed by atoms with van der Waals surface area (Å²) in [5.74, 6) is 0. The summed E-state index contributed by atoms with van der Waals surface area (Å²) >= 11 is 0. The van der Waals surface area contributed by atoms with Gasteiger partial charge in [-0.3, -0.25) is 14.9 Å². The van der Waals surface area contributed by atoms with Crippen LogP contribution in [0.1, 0.15) is 5.56 Å². The van der Waals surface area contributed by atoms with Gasteiger partial charge in [0.15, 0.2) is 0 Å². The Morgan fingerprint density at radius 2 is 1.90 bits per heavy atom. The van der Waals surface area contributed by atoms with Gasteiger partial charge in [0.1, 0.15) is 0 Å². The molecule has 1 aromatic heterocycles. The fourth-order valence-corrected chi connectivity index (χ4v) is 1.91. The summed E-state index contributed by atoms with van der Waals surface area (Å²) in [6.45, 7) is 1.50. The smallest absolute Gasteiger partial charge is 0.273 e. The SMILES string of the molecule is O=c1ccccn1CCNCc1ccccc1[N+](=O)[O-]. The zero-order valence-corrected chi connectivity index (χ0v) is 10.9. The number of nitrogens with one attached hydrogen (secondary N) is 1. The second-order valence-corrected chi connectivity index (χ2v) is 4.29. The van der Waals surface area contributed by atoms with Crippen molar-refractivity contribution in [1.29, 1.82) is 0 Å². The van der Waals surface area contributed by atoms with E-state index < -0.39 is 4.92 Å². The zero-order valence-electron chi connectivity index (χ0n) is 10.9. The first kappa shape index (κ1) is 14.0. The Kier molecular flexibility index (Phi) is 4.62. The molecule has 0 bridgehead atoms. The Labute approximate surface area is 115 Å². The van der Waals surface area contributed by atoms with E-state index in [0.717, 1.165) is 0 Å². The van der Waals surface area contributed by atoms with Gasteiger partial charge in [0, 0.05) is 43.5 Å². The average molecular weight is 273 g/mol. The quantitative estimate of drug-likeness (QED) is 0.492. The maximum Gasteiger partial charge on any atom is 0.273 e. The average Bonchev–Trinajstić information content (AvgIpc) is 2.45. The van der Waals surface area contributed by atoms with E-state index >= 15 is 0 Å². The lowest BCUT2D eigenvalue weighted by atomic mass is 10.2. The molecule has 0 aliphatic heterocycles. The molecule has 0 aliphatic carbocycles. The number of hydrogen-bond acceptors (Lipinski definition) is 4. The van der Waals surface area contributed by atoms with Crippen LogP contribution >= 0.6 is 0 Å². The number of benzene rings is 1. The Bertz CT molecular complexity index is 652. The highest BCUT2D eigenvalue weighted by atomic mass is 16.6. The molecule has 0 amide bonds. The van der Waals surface area contributed by atoms with Crippen LogP contribution in [0.4, 0.5) is 5.69 Å². The van der Waals surface area contributed by atoms with Gasteiger partial charge in [-0.2, -0.15) is 0 Å². The number of nitro benzene ring substituents is 1. The molecule has 1 heterocycles. The predicted octanol–water partition coefficient (Wildman–Crippen LogP) is 1.55. The van der Waals surface area contributed by atoms with Crippen molar-refractivity contribution < 1.29 is 4.92 Å². The lowest BCUT2D eigenvalue weighted by molar-refractivity contribution is -0.385. The number of rotatable bonds is 6. The van der Waals surface area contributed by atoms with Crippen LogP contribution in [-0.2, 0) is 13.1 Å². The molecule has 0 unspecified atom stereocenters. The lowest BCUT2D eigenvalue weighted by Gasteiger charge is -2.07. The predicted molar refractivity (Wildman–Crippen MR) is 75.5 cm³/mol. The van der Waals surface area contributed by atoms with Crippen LogP contribution in [0.5, 0.6) is 0 Å². The van der Waals surface area contributed by atoms with Gasteiger partial charge in [0.25, 0.3) is 11.2 Å². The number of aromatic nitrogens is 1. The molecule has 0 saturated heterocycles. The molecule has 20 heavy (non-hydrogen) atoms. The molecule has 2 rings (SSSR count). The third kappa shape index (κ3) is 3.52. The fraction of sp³-hybridized carbons (Fsp3) is 0.214. The van der Waals surface area contributed by atoms with E-state index in [1.165, 1.54) is 12.1 Å². The van der Waals surface area contributed by atoms with Gasteiger partial charge < -0.3 is 9.88 Å². The molecule has 2 aromatic rings. The van der Waals surface area contributed by atoms with Gasteiger partial charge >= 0.3 is 0 Å². The summed E-state index contributed by atoms with van der Waals surface area (Å²) < 4.78 is 1.59. The van der Waals surface area contributed by atoms with Crippen LogP contribution in [0.15, 0.2) is 53.5 Å². The maximum atomic E-state index is 11.5. The Morgan fingerprint density at radius 1 is 1.15 bits per heavy atom. The van der Waals surface area contributed by atoms with E-state index in [9.17, 15) is 14.9 Å². The van der Waals surface area contributed by atoms with Crippen LogP contribution in [0.3, 0.4) is 0 Å².